The molecule has 0 atom stereocenters. The second kappa shape index (κ2) is 6.09. The monoisotopic (exact) mass is 287 g/mol. The number of aryl methyl sites for hydroxylation is 1. The molecule has 8 heteroatoms. The van der Waals surface area contributed by atoms with Gasteiger partial charge in [0.2, 0.25) is 10.0 Å². The van der Waals surface area contributed by atoms with E-state index in [1.54, 1.807) is 6.92 Å². The van der Waals surface area contributed by atoms with Crippen molar-refractivity contribution in [1.29, 1.82) is 0 Å². The molecular formula is C11H17N3O4S. The summed E-state index contributed by atoms with van der Waals surface area (Å²) in [6, 6.07) is 3.89. The van der Waals surface area contributed by atoms with Gasteiger partial charge in [-0.15, -0.1) is 0 Å². The number of hydrogen-bond donors (Lipinski definition) is 1. The number of nitro benzene ring substituents is 1. The number of nitro groups is 1. The summed E-state index contributed by atoms with van der Waals surface area (Å²) in [5, 5.41) is 10.8. The van der Waals surface area contributed by atoms with Gasteiger partial charge >= 0.3 is 0 Å². The van der Waals surface area contributed by atoms with Gasteiger partial charge in [-0.05, 0) is 26.0 Å². The highest BCUT2D eigenvalue weighted by Crippen LogP contribution is 2.23. The van der Waals surface area contributed by atoms with E-state index in [9.17, 15) is 18.5 Å². The van der Waals surface area contributed by atoms with Gasteiger partial charge in [0.15, 0.2) is 0 Å². The van der Waals surface area contributed by atoms with E-state index in [4.69, 9.17) is 5.73 Å². The Hall–Kier alpha value is -1.51. The summed E-state index contributed by atoms with van der Waals surface area (Å²) in [6.07, 6.45) is 0.531. The summed E-state index contributed by atoms with van der Waals surface area (Å²) in [7, 11) is -2.28. The molecule has 0 heterocycles. The summed E-state index contributed by atoms with van der Waals surface area (Å²) in [6.45, 7) is 2.22. The van der Waals surface area contributed by atoms with Gasteiger partial charge in [-0.25, -0.2) is 12.7 Å². The summed E-state index contributed by atoms with van der Waals surface area (Å²) in [4.78, 5) is 10.2. The zero-order valence-electron chi connectivity index (χ0n) is 10.9. The Morgan fingerprint density at radius 2 is 2.05 bits per heavy atom. The lowest BCUT2D eigenvalue weighted by molar-refractivity contribution is -0.385. The normalized spacial score (nSPS) is 11.8. The first-order valence-electron chi connectivity index (χ1n) is 5.72. The summed E-state index contributed by atoms with van der Waals surface area (Å²) >= 11 is 0. The van der Waals surface area contributed by atoms with E-state index >= 15 is 0 Å². The number of nitrogens with zero attached hydrogens (tertiary/aromatic N) is 2. The first kappa shape index (κ1) is 15.5. The lowest BCUT2D eigenvalue weighted by Crippen LogP contribution is -2.29. The molecule has 0 aromatic heterocycles. The van der Waals surface area contributed by atoms with Crippen LogP contribution in [0.25, 0.3) is 0 Å². The smallest absolute Gasteiger partial charge is 0.273 e. The highest BCUT2D eigenvalue weighted by molar-refractivity contribution is 7.89. The highest BCUT2D eigenvalue weighted by Gasteiger charge is 2.23. The molecule has 0 spiro atoms. The van der Waals surface area contributed by atoms with Crippen molar-refractivity contribution in [2.75, 3.05) is 20.1 Å². The predicted molar refractivity (Wildman–Crippen MR) is 71.3 cm³/mol. The average molecular weight is 287 g/mol. The van der Waals surface area contributed by atoms with Crippen LogP contribution in [-0.4, -0.2) is 37.8 Å². The van der Waals surface area contributed by atoms with Crippen LogP contribution in [-0.2, 0) is 10.0 Å². The van der Waals surface area contributed by atoms with Crippen molar-refractivity contribution in [2.45, 2.75) is 18.2 Å². The Kier molecular flexibility index (Phi) is 4.98. The van der Waals surface area contributed by atoms with E-state index in [2.05, 4.69) is 0 Å². The molecule has 0 aliphatic rings. The molecule has 0 radical (unpaired) electrons. The van der Waals surface area contributed by atoms with E-state index in [1.807, 2.05) is 0 Å². The quantitative estimate of drug-likeness (QED) is 0.617. The van der Waals surface area contributed by atoms with E-state index < -0.39 is 14.9 Å². The number of benzene rings is 1. The van der Waals surface area contributed by atoms with Crippen LogP contribution in [0.2, 0.25) is 0 Å². The van der Waals surface area contributed by atoms with Gasteiger partial charge in [-0.1, -0.05) is 6.07 Å². The van der Waals surface area contributed by atoms with Crippen LogP contribution in [0.3, 0.4) is 0 Å². The van der Waals surface area contributed by atoms with Gasteiger partial charge in [0.1, 0.15) is 0 Å². The minimum atomic E-state index is -3.71. The molecule has 0 aliphatic carbocycles. The van der Waals surface area contributed by atoms with Crippen molar-refractivity contribution in [2.24, 2.45) is 5.73 Å². The zero-order valence-corrected chi connectivity index (χ0v) is 11.7. The van der Waals surface area contributed by atoms with Crippen molar-refractivity contribution in [3.63, 3.8) is 0 Å². The third-order valence-corrected chi connectivity index (χ3v) is 4.62. The van der Waals surface area contributed by atoms with Crippen LogP contribution < -0.4 is 5.73 Å². The SMILES string of the molecule is Cc1ccc(S(=O)(=O)N(C)CCCN)cc1[N+](=O)[O-]. The lowest BCUT2D eigenvalue weighted by Gasteiger charge is -2.16. The molecule has 0 fully saturated rings. The zero-order chi connectivity index (χ0) is 14.6. The van der Waals surface area contributed by atoms with Crippen LogP contribution in [0.1, 0.15) is 12.0 Å². The second-order valence-electron chi connectivity index (χ2n) is 4.17. The molecule has 2 N–H and O–H groups in total. The van der Waals surface area contributed by atoms with Gasteiger partial charge in [-0.3, -0.25) is 10.1 Å². The minimum absolute atomic E-state index is 0.0793. The third kappa shape index (κ3) is 3.49. The van der Waals surface area contributed by atoms with Crippen molar-refractivity contribution in [3.8, 4) is 0 Å². The van der Waals surface area contributed by atoms with Crippen LogP contribution in [0.15, 0.2) is 23.1 Å². The molecule has 1 aromatic carbocycles. The molecule has 7 nitrogen and oxygen atoms in total. The fourth-order valence-corrected chi connectivity index (χ4v) is 2.79. The molecule has 0 aliphatic heterocycles. The van der Waals surface area contributed by atoms with Crippen LogP contribution in [0.4, 0.5) is 5.69 Å². The highest BCUT2D eigenvalue weighted by atomic mass is 32.2. The third-order valence-electron chi connectivity index (χ3n) is 2.76. The van der Waals surface area contributed by atoms with Gasteiger partial charge < -0.3 is 5.73 Å². The largest absolute Gasteiger partial charge is 0.330 e. The fraction of sp³-hybridized carbons (Fsp3) is 0.455. The Morgan fingerprint density at radius 1 is 1.42 bits per heavy atom. The second-order valence-corrected chi connectivity index (χ2v) is 6.22. The predicted octanol–water partition coefficient (Wildman–Crippen LogP) is 0.873. The molecule has 0 unspecified atom stereocenters. The Morgan fingerprint density at radius 3 is 2.58 bits per heavy atom. The van der Waals surface area contributed by atoms with E-state index in [0.29, 0.717) is 18.5 Å². The van der Waals surface area contributed by atoms with Crippen molar-refractivity contribution in [1.82, 2.24) is 4.31 Å². The maximum Gasteiger partial charge on any atom is 0.273 e. The minimum Gasteiger partial charge on any atom is -0.330 e. The first-order valence-corrected chi connectivity index (χ1v) is 7.16. The first-order chi connectivity index (χ1) is 8.80. The maximum atomic E-state index is 12.2. The standard InChI is InChI=1S/C11H17N3O4S/c1-9-4-5-10(8-11(9)14(15)16)19(17,18)13(2)7-3-6-12/h4-5,8H,3,6-7,12H2,1-2H3. The number of hydrogen-bond acceptors (Lipinski definition) is 5. The maximum absolute atomic E-state index is 12.2. The van der Waals surface area contributed by atoms with Gasteiger partial charge in [-0.2, -0.15) is 0 Å². The molecule has 0 saturated carbocycles. The fourth-order valence-electron chi connectivity index (χ4n) is 1.56. The molecule has 1 aromatic rings. The average Bonchev–Trinajstić information content (AvgIpc) is 2.35. The molecular weight excluding hydrogens is 270 g/mol. The van der Waals surface area contributed by atoms with Gasteiger partial charge in [0.05, 0.1) is 9.82 Å². The Labute approximate surface area is 112 Å². The Bertz CT molecular complexity index is 571. The van der Waals surface area contributed by atoms with Crippen molar-refractivity contribution in [3.05, 3.63) is 33.9 Å². The molecule has 0 saturated heterocycles. The molecule has 0 bridgehead atoms. The van der Waals surface area contributed by atoms with E-state index in [1.165, 1.54) is 19.2 Å². The van der Waals surface area contributed by atoms with Crippen LogP contribution in [0, 0.1) is 17.0 Å². The van der Waals surface area contributed by atoms with Crippen molar-refractivity contribution < 1.29 is 13.3 Å². The van der Waals surface area contributed by atoms with Gasteiger partial charge in [0, 0.05) is 25.2 Å². The van der Waals surface area contributed by atoms with E-state index in [-0.39, 0.29) is 17.1 Å². The summed E-state index contributed by atoms with van der Waals surface area (Å²) < 4.78 is 25.5. The number of rotatable bonds is 6. The van der Waals surface area contributed by atoms with Gasteiger partial charge in [0.25, 0.3) is 5.69 Å². The number of nitrogens with two attached hydrogens (primary N) is 1. The van der Waals surface area contributed by atoms with Crippen molar-refractivity contribution >= 4 is 15.7 Å². The lowest BCUT2D eigenvalue weighted by atomic mass is 10.2. The molecule has 0 amide bonds. The van der Waals surface area contributed by atoms with E-state index in [0.717, 1.165) is 10.4 Å². The number of sulfonamides is 1. The molecule has 106 valence electrons. The van der Waals surface area contributed by atoms with Crippen LogP contribution >= 0.6 is 0 Å². The summed E-state index contributed by atoms with van der Waals surface area (Å²) in [5.74, 6) is 0. The molecule has 19 heavy (non-hydrogen) atoms. The van der Waals surface area contributed by atoms with Crippen LogP contribution in [0.5, 0.6) is 0 Å². The summed E-state index contributed by atoms with van der Waals surface area (Å²) in [5.41, 5.74) is 5.56. The molecule has 1 rings (SSSR count). The Balaban J connectivity index is 3.15. The topological polar surface area (TPSA) is 107 Å².